The minimum absolute atomic E-state index is 0.0491. The summed E-state index contributed by atoms with van der Waals surface area (Å²) in [6.07, 6.45) is 1.63. The lowest BCUT2D eigenvalue weighted by molar-refractivity contribution is -0.146. The van der Waals surface area contributed by atoms with Crippen molar-refractivity contribution in [3.8, 4) is 0 Å². The monoisotopic (exact) mass is 301 g/mol. The second kappa shape index (κ2) is 6.92. The van der Waals surface area contributed by atoms with Crippen LogP contribution in [0.2, 0.25) is 0 Å². The van der Waals surface area contributed by atoms with Crippen LogP contribution in [0.25, 0.3) is 0 Å². The van der Waals surface area contributed by atoms with Crippen LogP contribution in [-0.2, 0) is 16.1 Å². The minimum atomic E-state index is 0.0491. The molecule has 1 N–H and O–H groups in total. The highest BCUT2D eigenvalue weighted by molar-refractivity contribution is 5.86. The van der Waals surface area contributed by atoms with E-state index in [9.17, 15) is 9.59 Å². The van der Waals surface area contributed by atoms with Gasteiger partial charge in [-0.15, -0.1) is 0 Å². The van der Waals surface area contributed by atoms with E-state index in [4.69, 9.17) is 0 Å². The van der Waals surface area contributed by atoms with Crippen LogP contribution in [0.5, 0.6) is 0 Å². The van der Waals surface area contributed by atoms with Gasteiger partial charge in [0.1, 0.15) is 0 Å². The number of nitrogens with zero attached hydrogens (tertiary/aromatic N) is 2. The van der Waals surface area contributed by atoms with E-state index in [0.29, 0.717) is 32.0 Å². The predicted molar refractivity (Wildman–Crippen MR) is 84.0 cm³/mol. The van der Waals surface area contributed by atoms with Gasteiger partial charge in [0.15, 0.2) is 0 Å². The maximum Gasteiger partial charge on any atom is 0.242 e. The first kappa shape index (κ1) is 15.0. The van der Waals surface area contributed by atoms with Crippen molar-refractivity contribution in [2.45, 2.75) is 19.4 Å². The summed E-state index contributed by atoms with van der Waals surface area (Å²) in [6.45, 7) is 4.06. The Morgan fingerprint density at radius 3 is 2.73 bits per heavy atom. The average Bonchev–Trinajstić information content (AvgIpc) is 3.03. The van der Waals surface area contributed by atoms with Gasteiger partial charge in [-0.2, -0.15) is 0 Å². The summed E-state index contributed by atoms with van der Waals surface area (Å²) in [7, 11) is 0. The molecule has 2 saturated heterocycles. The molecule has 0 aromatic heterocycles. The molecule has 0 unspecified atom stereocenters. The van der Waals surface area contributed by atoms with Gasteiger partial charge in [0.05, 0.1) is 6.54 Å². The van der Waals surface area contributed by atoms with E-state index >= 15 is 0 Å². The molecule has 2 aliphatic heterocycles. The molecular formula is C17H23N3O2. The first-order chi connectivity index (χ1) is 10.7. The molecular weight excluding hydrogens is 278 g/mol. The maximum atomic E-state index is 12.3. The summed E-state index contributed by atoms with van der Waals surface area (Å²) in [4.78, 5) is 28.1. The second-order valence-corrected chi connectivity index (χ2v) is 6.18. The van der Waals surface area contributed by atoms with Crippen molar-refractivity contribution in [1.29, 1.82) is 0 Å². The number of carbonyl (C=O) groups is 2. The van der Waals surface area contributed by atoms with Gasteiger partial charge in [0.25, 0.3) is 0 Å². The number of carbonyl (C=O) groups excluding carboxylic acids is 2. The highest BCUT2D eigenvalue weighted by atomic mass is 16.2. The van der Waals surface area contributed by atoms with Crippen molar-refractivity contribution in [2.24, 2.45) is 5.92 Å². The van der Waals surface area contributed by atoms with Gasteiger partial charge in [-0.25, -0.2) is 0 Å². The van der Waals surface area contributed by atoms with Gasteiger partial charge < -0.3 is 15.1 Å². The predicted octanol–water partition coefficient (Wildman–Crippen LogP) is 0.857. The number of piperazine rings is 1. The molecule has 2 aliphatic rings. The summed E-state index contributed by atoms with van der Waals surface area (Å²) < 4.78 is 0. The Labute approximate surface area is 131 Å². The van der Waals surface area contributed by atoms with E-state index in [1.54, 1.807) is 4.90 Å². The molecule has 5 nitrogen and oxygen atoms in total. The topological polar surface area (TPSA) is 52.7 Å². The molecule has 1 atom stereocenters. The third-order valence-electron chi connectivity index (χ3n) is 4.51. The van der Waals surface area contributed by atoms with Crippen LogP contribution in [0.3, 0.4) is 0 Å². The zero-order valence-corrected chi connectivity index (χ0v) is 12.8. The summed E-state index contributed by atoms with van der Waals surface area (Å²) in [5.74, 6) is 0.611. The van der Waals surface area contributed by atoms with Gasteiger partial charge >= 0.3 is 0 Å². The number of benzene rings is 1. The van der Waals surface area contributed by atoms with E-state index < -0.39 is 0 Å². The third kappa shape index (κ3) is 3.65. The first-order valence-corrected chi connectivity index (χ1v) is 8.02. The number of amides is 2. The highest BCUT2D eigenvalue weighted by Crippen LogP contribution is 2.16. The lowest BCUT2D eigenvalue weighted by atomic mass is 10.0. The van der Waals surface area contributed by atoms with Crippen molar-refractivity contribution < 1.29 is 9.59 Å². The number of nitrogens with one attached hydrogen (secondary N) is 1. The van der Waals surface area contributed by atoms with Gasteiger partial charge in [0, 0.05) is 26.1 Å². The van der Waals surface area contributed by atoms with Crippen molar-refractivity contribution >= 4 is 11.8 Å². The van der Waals surface area contributed by atoms with E-state index in [2.05, 4.69) is 5.32 Å². The Balaban J connectivity index is 1.51. The number of rotatable bonds is 4. The molecule has 0 saturated carbocycles. The normalized spacial score (nSPS) is 22.2. The van der Waals surface area contributed by atoms with Gasteiger partial charge in [0.2, 0.25) is 11.8 Å². The third-order valence-corrected chi connectivity index (χ3v) is 4.51. The second-order valence-electron chi connectivity index (χ2n) is 6.18. The highest BCUT2D eigenvalue weighted by Gasteiger charge is 2.28. The average molecular weight is 301 g/mol. The fourth-order valence-corrected chi connectivity index (χ4v) is 3.16. The Bertz CT molecular complexity index is 526. The zero-order valence-electron chi connectivity index (χ0n) is 12.8. The molecule has 5 heteroatoms. The van der Waals surface area contributed by atoms with Gasteiger partial charge in [-0.1, -0.05) is 30.3 Å². The van der Waals surface area contributed by atoms with Crippen LogP contribution in [0.1, 0.15) is 18.4 Å². The first-order valence-electron chi connectivity index (χ1n) is 8.02. The molecule has 22 heavy (non-hydrogen) atoms. The number of hydrogen-bond donors (Lipinski definition) is 1. The van der Waals surface area contributed by atoms with Gasteiger partial charge in [-0.3, -0.25) is 9.59 Å². The largest absolute Gasteiger partial charge is 0.335 e. The van der Waals surface area contributed by atoms with Crippen LogP contribution in [-0.4, -0.2) is 54.3 Å². The van der Waals surface area contributed by atoms with Crippen molar-refractivity contribution in [3.05, 3.63) is 35.9 Å². The van der Waals surface area contributed by atoms with Crippen LogP contribution >= 0.6 is 0 Å². The molecule has 0 aliphatic carbocycles. The van der Waals surface area contributed by atoms with Crippen molar-refractivity contribution in [3.63, 3.8) is 0 Å². The number of hydrogen-bond acceptors (Lipinski definition) is 3. The Morgan fingerprint density at radius 2 is 2.05 bits per heavy atom. The van der Waals surface area contributed by atoms with E-state index in [0.717, 1.165) is 25.1 Å². The summed E-state index contributed by atoms with van der Waals surface area (Å²) in [6, 6.07) is 9.99. The van der Waals surface area contributed by atoms with Crippen molar-refractivity contribution in [1.82, 2.24) is 15.1 Å². The molecule has 118 valence electrons. The van der Waals surface area contributed by atoms with E-state index in [-0.39, 0.29) is 18.4 Å². The molecule has 1 aromatic rings. The Hall–Kier alpha value is -1.88. The molecule has 1 aromatic carbocycles. The quantitative estimate of drug-likeness (QED) is 0.897. The Kier molecular flexibility index (Phi) is 4.73. The van der Waals surface area contributed by atoms with Gasteiger partial charge in [-0.05, 0) is 31.0 Å². The standard InChI is InChI=1S/C17H23N3O2/c21-16(10-15-6-7-18-11-15)20-9-8-19(17(22)13-20)12-14-4-2-1-3-5-14/h1-5,15,18H,6-13H2/t15-/m0/s1. The molecule has 0 radical (unpaired) electrons. The van der Waals surface area contributed by atoms with E-state index in [1.165, 1.54) is 0 Å². The van der Waals surface area contributed by atoms with Crippen LogP contribution in [0.15, 0.2) is 30.3 Å². The lowest BCUT2D eigenvalue weighted by Crippen LogP contribution is -2.52. The van der Waals surface area contributed by atoms with Crippen molar-refractivity contribution in [2.75, 3.05) is 32.7 Å². The molecule has 2 heterocycles. The smallest absolute Gasteiger partial charge is 0.242 e. The maximum absolute atomic E-state index is 12.3. The summed E-state index contributed by atoms with van der Waals surface area (Å²) in [5.41, 5.74) is 1.13. The molecule has 0 spiro atoms. The summed E-state index contributed by atoms with van der Waals surface area (Å²) in [5, 5.41) is 3.28. The molecule has 0 bridgehead atoms. The lowest BCUT2D eigenvalue weighted by Gasteiger charge is -2.34. The fourth-order valence-electron chi connectivity index (χ4n) is 3.16. The fraction of sp³-hybridized carbons (Fsp3) is 0.529. The zero-order chi connectivity index (χ0) is 15.4. The van der Waals surface area contributed by atoms with Crippen LogP contribution in [0, 0.1) is 5.92 Å². The molecule has 3 rings (SSSR count). The van der Waals surface area contributed by atoms with Crippen LogP contribution < -0.4 is 5.32 Å². The SMILES string of the molecule is O=C(C[C@@H]1CCNC1)N1CCN(Cc2ccccc2)C(=O)C1. The molecule has 2 amide bonds. The Morgan fingerprint density at radius 1 is 1.23 bits per heavy atom. The summed E-state index contributed by atoms with van der Waals surface area (Å²) >= 11 is 0. The molecule has 2 fully saturated rings. The van der Waals surface area contributed by atoms with Crippen LogP contribution in [0.4, 0.5) is 0 Å². The van der Waals surface area contributed by atoms with E-state index in [1.807, 2.05) is 35.2 Å². The minimum Gasteiger partial charge on any atom is -0.335 e.